The van der Waals surface area contributed by atoms with Gasteiger partial charge in [0.15, 0.2) is 0 Å². The molecule has 0 spiro atoms. The van der Waals surface area contributed by atoms with Gasteiger partial charge >= 0.3 is 6.18 Å². The molecule has 1 saturated heterocycles. The smallest absolute Gasteiger partial charge is 0.394 e. The van der Waals surface area contributed by atoms with Crippen LogP contribution in [0.15, 0.2) is 42.5 Å². The standard InChI is InChI=1S/C20H22F3N3O3/c21-20(22,23)18-6-1-13(19(24)28)9-14(18)10-25-15-2-4-16(5-3-15)26-11-17(12-26)29-8-7-27/h1-6,9,17,25,27H,7-8,10-12H2,(H2,24,28). The van der Waals surface area contributed by atoms with E-state index < -0.39 is 17.6 Å². The van der Waals surface area contributed by atoms with Gasteiger partial charge in [-0.05, 0) is 48.0 Å². The number of halogens is 3. The summed E-state index contributed by atoms with van der Waals surface area (Å²) in [5, 5.41) is 11.7. The highest BCUT2D eigenvalue weighted by atomic mass is 19.4. The zero-order chi connectivity index (χ0) is 21.0. The largest absolute Gasteiger partial charge is 0.416 e. The Morgan fingerprint density at radius 3 is 2.48 bits per heavy atom. The second-order valence-corrected chi connectivity index (χ2v) is 6.76. The summed E-state index contributed by atoms with van der Waals surface area (Å²) in [7, 11) is 0. The molecule has 1 heterocycles. The van der Waals surface area contributed by atoms with Crippen LogP contribution in [0.4, 0.5) is 24.5 Å². The number of alkyl halides is 3. The number of benzene rings is 2. The summed E-state index contributed by atoms with van der Waals surface area (Å²) in [6.07, 6.45) is -4.43. The third-order valence-electron chi connectivity index (χ3n) is 4.70. The average molecular weight is 409 g/mol. The summed E-state index contributed by atoms with van der Waals surface area (Å²) in [6, 6.07) is 10.4. The fourth-order valence-electron chi connectivity index (χ4n) is 3.13. The van der Waals surface area contributed by atoms with Gasteiger partial charge in [-0.25, -0.2) is 0 Å². The Balaban J connectivity index is 1.63. The highest BCUT2D eigenvalue weighted by molar-refractivity contribution is 5.93. The number of amides is 1. The normalized spacial score (nSPS) is 14.6. The Morgan fingerprint density at radius 2 is 1.90 bits per heavy atom. The van der Waals surface area contributed by atoms with Crippen LogP contribution in [0, 0.1) is 0 Å². The molecule has 1 aliphatic heterocycles. The number of anilines is 2. The molecule has 2 aromatic rings. The molecular formula is C20H22F3N3O3. The molecule has 1 aliphatic rings. The molecule has 4 N–H and O–H groups in total. The lowest BCUT2D eigenvalue weighted by molar-refractivity contribution is -0.138. The number of nitrogens with two attached hydrogens (primary N) is 1. The molecule has 0 atom stereocenters. The maximum absolute atomic E-state index is 13.2. The molecule has 0 aliphatic carbocycles. The van der Waals surface area contributed by atoms with Crippen molar-refractivity contribution in [3.63, 3.8) is 0 Å². The van der Waals surface area contributed by atoms with Crippen molar-refractivity contribution in [3.8, 4) is 0 Å². The number of nitrogens with zero attached hydrogens (tertiary/aromatic N) is 1. The predicted octanol–water partition coefficient (Wildman–Crippen LogP) is 2.61. The summed E-state index contributed by atoms with van der Waals surface area (Å²) in [6.45, 7) is 1.66. The van der Waals surface area contributed by atoms with Crippen molar-refractivity contribution in [1.29, 1.82) is 0 Å². The number of carbonyl (C=O) groups is 1. The summed E-state index contributed by atoms with van der Waals surface area (Å²) in [5.74, 6) is -0.778. The van der Waals surface area contributed by atoms with Crippen molar-refractivity contribution in [2.45, 2.75) is 18.8 Å². The van der Waals surface area contributed by atoms with Gasteiger partial charge in [-0.1, -0.05) is 0 Å². The van der Waals surface area contributed by atoms with E-state index in [4.69, 9.17) is 15.6 Å². The summed E-state index contributed by atoms with van der Waals surface area (Å²) in [5.41, 5.74) is 5.99. The van der Waals surface area contributed by atoms with E-state index in [2.05, 4.69) is 10.2 Å². The highest BCUT2D eigenvalue weighted by Gasteiger charge is 2.33. The van der Waals surface area contributed by atoms with Crippen LogP contribution in [0.5, 0.6) is 0 Å². The van der Waals surface area contributed by atoms with E-state index >= 15 is 0 Å². The van der Waals surface area contributed by atoms with Gasteiger partial charge in [0, 0.05) is 36.6 Å². The maximum atomic E-state index is 13.2. The van der Waals surface area contributed by atoms with Crippen LogP contribution < -0.4 is 16.0 Å². The van der Waals surface area contributed by atoms with Crippen LogP contribution >= 0.6 is 0 Å². The Labute approximate surface area is 166 Å². The maximum Gasteiger partial charge on any atom is 0.416 e. The zero-order valence-corrected chi connectivity index (χ0v) is 15.6. The lowest BCUT2D eigenvalue weighted by atomic mass is 10.0. The number of aliphatic hydroxyl groups is 1. The number of aliphatic hydroxyl groups excluding tert-OH is 1. The fourth-order valence-corrected chi connectivity index (χ4v) is 3.13. The molecule has 0 unspecified atom stereocenters. The minimum absolute atomic E-state index is 0.00469. The first kappa shape index (κ1) is 20.9. The Bertz CT molecular complexity index is 850. The SMILES string of the molecule is NC(=O)c1ccc(C(F)(F)F)c(CNc2ccc(N3CC(OCCO)C3)cc2)c1. The van der Waals surface area contributed by atoms with Gasteiger partial charge in [0.2, 0.25) is 5.91 Å². The molecule has 0 saturated carbocycles. The van der Waals surface area contributed by atoms with Gasteiger partial charge in [-0.15, -0.1) is 0 Å². The highest BCUT2D eigenvalue weighted by Crippen LogP contribution is 2.33. The molecule has 9 heteroatoms. The second kappa shape index (κ2) is 8.71. The summed E-state index contributed by atoms with van der Waals surface area (Å²) >= 11 is 0. The first-order valence-electron chi connectivity index (χ1n) is 9.09. The first-order chi connectivity index (χ1) is 13.8. The number of carbonyl (C=O) groups excluding carboxylic acids is 1. The first-order valence-corrected chi connectivity index (χ1v) is 9.09. The van der Waals surface area contributed by atoms with Gasteiger partial charge in [-0.2, -0.15) is 13.2 Å². The molecule has 0 bridgehead atoms. The number of hydrogen-bond donors (Lipinski definition) is 3. The second-order valence-electron chi connectivity index (χ2n) is 6.76. The topological polar surface area (TPSA) is 87.8 Å². The van der Waals surface area contributed by atoms with Gasteiger partial charge < -0.3 is 25.8 Å². The number of hydrogen-bond acceptors (Lipinski definition) is 5. The molecular weight excluding hydrogens is 387 g/mol. The quantitative estimate of drug-likeness (QED) is 0.624. The van der Waals surface area contributed by atoms with E-state index in [9.17, 15) is 18.0 Å². The molecule has 156 valence electrons. The lowest BCUT2D eigenvalue weighted by Crippen LogP contribution is -2.52. The predicted molar refractivity (Wildman–Crippen MR) is 103 cm³/mol. The van der Waals surface area contributed by atoms with Crippen LogP contribution in [-0.2, 0) is 17.5 Å². The van der Waals surface area contributed by atoms with Crippen molar-refractivity contribution in [2.75, 3.05) is 36.5 Å². The van der Waals surface area contributed by atoms with E-state index in [1.807, 2.05) is 12.1 Å². The van der Waals surface area contributed by atoms with Crippen LogP contribution in [0.25, 0.3) is 0 Å². The number of rotatable bonds is 8. The number of ether oxygens (including phenoxy) is 1. The van der Waals surface area contributed by atoms with Crippen molar-refractivity contribution in [2.24, 2.45) is 5.73 Å². The van der Waals surface area contributed by atoms with Gasteiger partial charge in [0.1, 0.15) is 0 Å². The minimum atomic E-state index is -4.52. The van der Waals surface area contributed by atoms with Crippen LogP contribution in [0.2, 0.25) is 0 Å². The van der Waals surface area contributed by atoms with Crippen LogP contribution in [0.3, 0.4) is 0 Å². The Hall–Kier alpha value is -2.78. The van der Waals surface area contributed by atoms with Crippen LogP contribution in [0.1, 0.15) is 21.5 Å². The van der Waals surface area contributed by atoms with E-state index in [1.165, 1.54) is 6.07 Å². The minimum Gasteiger partial charge on any atom is -0.394 e. The molecule has 2 aromatic carbocycles. The molecule has 3 rings (SSSR count). The van der Waals surface area contributed by atoms with E-state index in [0.717, 1.165) is 30.9 Å². The number of nitrogens with one attached hydrogen (secondary N) is 1. The lowest BCUT2D eigenvalue weighted by Gasteiger charge is -2.40. The monoisotopic (exact) mass is 409 g/mol. The van der Waals surface area contributed by atoms with Crippen LogP contribution in [-0.4, -0.2) is 43.4 Å². The average Bonchev–Trinajstić information content (AvgIpc) is 2.65. The molecule has 29 heavy (non-hydrogen) atoms. The third-order valence-corrected chi connectivity index (χ3v) is 4.70. The number of primary amides is 1. The van der Waals surface area contributed by atoms with E-state index in [0.29, 0.717) is 12.3 Å². The fraction of sp³-hybridized carbons (Fsp3) is 0.350. The third kappa shape index (κ3) is 5.18. The van der Waals surface area contributed by atoms with Gasteiger partial charge in [0.25, 0.3) is 0 Å². The van der Waals surface area contributed by atoms with E-state index in [1.54, 1.807) is 12.1 Å². The summed E-state index contributed by atoms with van der Waals surface area (Å²) < 4.78 is 45.1. The molecule has 6 nitrogen and oxygen atoms in total. The molecule has 0 radical (unpaired) electrons. The zero-order valence-electron chi connectivity index (χ0n) is 15.6. The van der Waals surface area contributed by atoms with Crippen molar-refractivity contribution in [1.82, 2.24) is 0 Å². The van der Waals surface area contributed by atoms with Crippen molar-refractivity contribution < 1.29 is 27.8 Å². The molecule has 1 amide bonds. The van der Waals surface area contributed by atoms with Gasteiger partial charge in [0.05, 0.1) is 24.9 Å². The van der Waals surface area contributed by atoms with Crippen molar-refractivity contribution in [3.05, 3.63) is 59.2 Å². The Morgan fingerprint density at radius 1 is 1.21 bits per heavy atom. The summed E-state index contributed by atoms with van der Waals surface area (Å²) in [4.78, 5) is 13.4. The van der Waals surface area contributed by atoms with Gasteiger partial charge in [-0.3, -0.25) is 4.79 Å². The molecule has 0 aromatic heterocycles. The molecule has 1 fully saturated rings. The van der Waals surface area contributed by atoms with Crippen molar-refractivity contribution >= 4 is 17.3 Å². The Kier molecular flexibility index (Phi) is 6.29. The van der Waals surface area contributed by atoms with E-state index in [-0.39, 0.29) is 30.4 Å².